The molecule has 0 radical (unpaired) electrons. The molecule has 58 valence electrons. The Hall–Kier alpha value is -0.790. The fourth-order valence-electron chi connectivity index (χ4n) is 0.792. The summed E-state index contributed by atoms with van der Waals surface area (Å²) in [5.41, 5.74) is 4.92. The molecule has 0 aromatic rings. The summed E-state index contributed by atoms with van der Waals surface area (Å²) >= 11 is 0. The van der Waals surface area contributed by atoms with E-state index < -0.39 is 0 Å². The Labute approximate surface area is 62.1 Å². The maximum Gasteiger partial charge on any atom is 0.241 e. The lowest BCUT2D eigenvalue weighted by Crippen LogP contribution is -2.06. The number of nitrogens with two attached hydrogens (primary N) is 1. The van der Waals surface area contributed by atoms with Crippen molar-refractivity contribution < 1.29 is 4.79 Å². The molecule has 0 aromatic carbocycles. The lowest BCUT2D eigenvalue weighted by atomic mass is 10.0. The molecule has 0 aromatic heterocycles. The van der Waals surface area contributed by atoms with Gasteiger partial charge in [0.15, 0.2) is 0 Å². The van der Waals surface area contributed by atoms with E-state index in [4.69, 9.17) is 5.73 Å². The Balaban J connectivity index is 3.72. The van der Waals surface area contributed by atoms with Crippen LogP contribution in [0.3, 0.4) is 0 Å². The first-order chi connectivity index (χ1) is 4.70. The minimum absolute atomic E-state index is 0.355. The summed E-state index contributed by atoms with van der Waals surface area (Å²) in [5, 5.41) is 0. The average Bonchev–Trinajstić information content (AvgIpc) is 1.90. The Morgan fingerprint density at radius 2 is 2.00 bits per heavy atom. The average molecular weight is 141 g/mol. The number of amides is 1. The molecule has 0 unspecified atom stereocenters. The molecule has 10 heavy (non-hydrogen) atoms. The van der Waals surface area contributed by atoms with E-state index in [2.05, 4.69) is 13.8 Å². The van der Waals surface area contributed by atoms with E-state index in [1.807, 2.05) is 6.08 Å². The van der Waals surface area contributed by atoms with Crippen molar-refractivity contribution in [1.29, 1.82) is 0 Å². The van der Waals surface area contributed by atoms with Crippen LogP contribution >= 0.6 is 0 Å². The highest BCUT2D eigenvalue weighted by molar-refractivity contribution is 5.85. The number of allylic oxidation sites excluding steroid dienone is 1. The molecule has 0 bridgehead atoms. The maximum absolute atomic E-state index is 10.3. The van der Waals surface area contributed by atoms with E-state index >= 15 is 0 Å². The van der Waals surface area contributed by atoms with Crippen LogP contribution in [0.1, 0.15) is 26.7 Å². The summed E-state index contributed by atoms with van der Waals surface area (Å²) in [6.07, 6.45) is 5.46. The molecule has 2 nitrogen and oxygen atoms in total. The van der Waals surface area contributed by atoms with Crippen molar-refractivity contribution in [3.63, 3.8) is 0 Å². The molecule has 1 amide bonds. The summed E-state index contributed by atoms with van der Waals surface area (Å²) in [6.45, 7) is 4.19. The molecular formula is C8H15NO. The first-order valence-electron chi connectivity index (χ1n) is 3.68. The van der Waals surface area contributed by atoms with Gasteiger partial charge in [0.05, 0.1) is 0 Å². The van der Waals surface area contributed by atoms with Crippen molar-refractivity contribution in [2.75, 3.05) is 0 Å². The van der Waals surface area contributed by atoms with Crippen LogP contribution in [0.5, 0.6) is 0 Å². The molecular weight excluding hydrogens is 126 g/mol. The van der Waals surface area contributed by atoms with E-state index in [0.29, 0.717) is 5.92 Å². The highest BCUT2D eigenvalue weighted by Gasteiger charge is 1.96. The van der Waals surface area contributed by atoms with Gasteiger partial charge in [-0.05, 0) is 24.8 Å². The van der Waals surface area contributed by atoms with Gasteiger partial charge in [-0.2, -0.15) is 0 Å². The molecule has 0 fully saturated rings. The van der Waals surface area contributed by atoms with Crippen molar-refractivity contribution in [1.82, 2.24) is 0 Å². The zero-order chi connectivity index (χ0) is 7.98. The molecule has 0 aliphatic rings. The van der Waals surface area contributed by atoms with Crippen LogP contribution in [-0.4, -0.2) is 5.91 Å². The van der Waals surface area contributed by atoms with Crippen molar-refractivity contribution in [2.45, 2.75) is 26.7 Å². The van der Waals surface area contributed by atoms with Gasteiger partial charge in [0.1, 0.15) is 0 Å². The Morgan fingerprint density at radius 3 is 2.30 bits per heavy atom. The first-order valence-corrected chi connectivity index (χ1v) is 3.68. The van der Waals surface area contributed by atoms with Crippen molar-refractivity contribution in [3.05, 3.63) is 12.2 Å². The van der Waals surface area contributed by atoms with Crippen LogP contribution in [0.2, 0.25) is 0 Å². The molecule has 0 saturated carbocycles. The number of carbonyl (C=O) groups is 1. The summed E-state index contributed by atoms with van der Waals surface area (Å²) < 4.78 is 0. The van der Waals surface area contributed by atoms with Crippen LogP contribution in [0.15, 0.2) is 12.2 Å². The second kappa shape index (κ2) is 5.03. The highest BCUT2D eigenvalue weighted by atomic mass is 16.1. The molecule has 0 saturated heterocycles. The quantitative estimate of drug-likeness (QED) is 0.592. The van der Waals surface area contributed by atoms with Crippen LogP contribution in [0.4, 0.5) is 0 Å². The highest BCUT2D eigenvalue weighted by Crippen LogP contribution is 2.07. The van der Waals surface area contributed by atoms with Gasteiger partial charge in [-0.3, -0.25) is 4.79 Å². The van der Waals surface area contributed by atoms with Crippen molar-refractivity contribution in [3.8, 4) is 0 Å². The van der Waals surface area contributed by atoms with Crippen molar-refractivity contribution >= 4 is 5.91 Å². The topological polar surface area (TPSA) is 43.1 Å². The number of primary amides is 1. The SMILES string of the molecule is CCC(C=CC(N)=O)CC. The maximum atomic E-state index is 10.3. The van der Waals surface area contributed by atoms with Crippen LogP contribution in [0, 0.1) is 5.92 Å². The summed E-state index contributed by atoms with van der Waals surface area (Å²) in [4.78, 5) is 10.3. The van der Waals surface area contributed by atoms with E-state index in [-0.39, 0.29) is 5.91 Å². The minimum Gasteiger partial charge on any atom is -0.366 e. The Kier molecular flexibility index (Phi) is 4.63. The fourth-order valence-corrected chi connectivity index (χ4v) is 0.792. The largest absolute Gasteiger partial charge is 0.366 e. The molecule has 0 aliphatic heterocycles. The normalized spacial score (nSPS) is 11.1. The molecule has 0 aliphatic carbocycles. The lowest BCUT2D eigenvalue weighted by molar-refractivity contribution is -0.113. The van der Waals surface area contributed by atoms with Crippen molar-refractivity contribution in [2.24, 2.45) is 11.7 Å². The summed E-state index contributed by atoms with van der Waals surface area (Å²) in [7, 11) is 0. The minimum atomic E-state index is -0.355. The number of hydrogen-bond donors (Lipinski definition) is 1. The fraction of sp³-hybridized carbons (Fsp3) is 0.625. The van der Waals surface area contributed by atoms with E-state index in [0.717, 1.165) is 12.8 Å². The van der Waals surface area contributed by atoms with Crippen LogP contribution in [-0.2, 0) is 4.79 Å². The predicted octanol–water partition coefficient (Wildman–Crippen LogP) is 1.46. The van der Waals surface area contributed by atoms with Gasteiger partial charge in [0.2, 0.25) is 5.91 Å². The third-order valence-electron chi connectivity index (χ3n) is 1.58. The Morgan fingerprint density at radius 1 is 1.50 bits per heavy atom. The van der Waals surface area contributed by atoms with E-state index in [1.54, 1.807) is 0 Å². The van der Waals surface area contributed by atoms with Gasteiger partial charge >= 0.3 is 0 Å². The second-order valence-electron chi connectivity index (χ2n) is 2.34. The predicted molar refractivity (Wildman–Crippen MR) is 42.4 cm³/mol. The zero-order valence-corrected chi connectivity index (χ0v) is 6.63. The smallest absolute Gasteiger partial charge is 0.241 e. The van der Waals surface area contributed by atoms with Gasteiger partial charge in [-0.15, -0.1) is 0 Å². The molecule has 0 rings (SSSR count). The van der Waals surface area contributed by atoms with Crippen LogP contribution < -0.4 is 5.73 Å². The molecule has 2 N–H and O–H groups in total. The van der Waals surface area contributed by atoms with Gasteiger partial charge in [-0.25, -0.2) is 0 Å². The van der Waals surface area contributed by atoms with E-state index in [9.17, 15) is 4.79 Å². The molecule has 0 heterocycles. The molecule has 0 atom stereocenters. The molecule has 2 heteroatoms. The van der Waals surface area contributed by atoms with Gasteiger partial charge in [-0.1, -0.05) is 19.9 Å². The first kappa shape index (κ1) is 9.21. The third-order valence-corrected chi connectivity index (χ3v) is 1.58. The van der Waals surface area contributed by atoms with Gasteiger partial charge in [0.25, 0.3) is 0 Å². The van der Waals surface area contributed by atoms with Gasteiger partial charge < -0.3 is 5.73 Å². The van der Waals surface area contributed by atoms with Gasteiger partial charge in [0, 0.05) is 0 Å². The lowest BCUT2D eigenvalue weighted by Gasteiger charge is -2.03. The van der Waals surface area contributed by atoms with Crippen LogP contribution in [0.25, 0.3) is 0 Å². The number of hydrogen-bond acceptors (Lipinski definition) is 1. The second-order valence-corrected chi connectivity index (χ2v) is 2.34. The third kappa shape index (κ3) is 4.13. The summed E-state index contributed by atoms with van der Waals surface area (Å²) in [5.74, 6) is 0.152. The standard InChI is InChI=1S/C8H15NO/c1-3-7(4-2)5-6-8(9)10/h5-7H,3-4H2,1-2H3,(H2,9,10). The molecule has 0 spiro atoms. The number of rotatable bonds is 4. The Bertz CT molecular complexity index is 125. The summed E-state index contributed by atoms with van der Waals surface area (Å²) in [6, 6.07) is 0. The zero-order valence-electron chi connectivity index (χ0n) is 6.63. The number of carbonyl (C=O) groups excluding carboxylic acids is 1. The van der Waals surface area contributed by atoms with E-state index in [1.165, 1.54) is 6.08 Å². The monoisotopic (exact) mass is 141 g/mol.